The van der Waals surface area contributed by atoms with Crippen LogP contribution in [0.5, 0.6) is 0 Å². The minimum absolute atomic E-state index is 0.170. The second-order valence-electron chi connectivity index (χ2n) is 7.32. The first kappa shape index (κ1) is 19.5. The average molecular weight is 402 g/mol. The van der Waals surface area contributed by atoms with E-state index >= 15 is 0 Å². The third-order valence-electron chi connectivity index (χ3n) is 4.12. The number of rotatable bonds is 4. The molecule has 1 heterocycles. The molecule has 0 saturated heterocycles. The number of benzene rings is 2. The van der Waals surface area contributed by atoms with Gasteiger partial charge in [-0.1, -0.05) is 62.7 Å². The Morgan fingerprint density at radius 3 is 2.30 bits per heavy atom. The molecular formula is C21H21Cl2N3O. The van der Waals surface area contributed by atoms with Gasteiger partial charge in [0.25, 0.3) is 0 Å². The third-order valence-corrected chi connectivity index (χ3v) is 4.82. The highest BCUT2D eigenvalue weighted by Gasteiger charge is 2.24. The molecule has 4 nitrogen and oxygen atoms in total. The number of nitrogens with zero attached hydrogens (tertiary/aromatic N) is 2. The Hall–Kier alpha value is -2.30. The lowest BCUT2D eigenvalue weighted by atomic mass is 9.92. The molecule has 0 fully saturated rings. The number of amides is 1. The zero-order valence-corrected chi connectivity index (χ0v) is 16.9. The summed E-state index contributed by atoms with van der Waals surface area (Å²) in [5.41, 5.74) is 2.23. The first-order valence-electron chi connectivity index (χ1n) is 8.62. The Morgan fingerprint density at radius 1 is 1.07 bits per heavy atom. The fourth-order valence-corrected chi connectivity index (χ4v) is 2.90. The molecule has 0 aliphatic heterocycles. The number of halogens is 2. The van der Waals surface area contributed by atoms with Gasteiger partial charge in [-0.3, -0.25) is 4.79 Å². The summed E-state index contributed by atoms with van der Waals surface area (Å²) in [7, 11) is 0. The van der Waals surface area contributed by atoms with E-state index in [4.69, 9.17) is 23.2 Å². The molecule has 0 aliphatic rings. The second kappa shape index (κ2) is 7.75. The van der Waals surface area contributed by atoms with Crippen LogP contribution in [0.15, 0.2) is 60.7 Å². The Balaban J connectivity index is 1.95. The zero-order valence-electron chi connectivity index (χ0n) is 15.4. The summed E-state index contributed by atoms with van der Waals surface area (Å²) in [6.07, 6.45) is 0. The number of aromatic nitrogens is 2. The topological polar surface area (TPSA) is 46.9 Å². The maximum atomic E-state index is 12.7. The van der Waals surface area contributed by atoms with Crippen LogP contribution in [0, 0.1) is 0 Å². The number of carbonyl (C=O) groups excluding carboxylic acids is 1. The number of hydrogen-bond donors (Lipinski definition) is 1. The first-order valence-corrected chi connectivity index (χ1v) is 9.43. The van der Waals surface area contributed by atoms with E-state index in [1.807, 2.05) is 48.5 Å². The monoisotopic (exact) mass is 401 g/mol. The minimum atomic E-state index is -0.794. The summed E-state index contributed by atoms with van der Waals surface area (Å²) >= 11 is 12.4. The molecule has 1 atom stereocenters. The Kier molecular flexibility index (Phi) is 5.59. The zero-order chi connectivity index (χ0) is 19.6. The molecule has 1 aromatic heterocycles. The van der Waals surface area contributed by atoms with Crippen molar-refractivity contribution in [1.82, 2.24) is 9.78 Å². The van der Waals surface area contributed by atoms with Crippen LogP contribution in [0.4, 0.5) is 5.82 Å². The van der Waals surface area contributed by atoms with Gasteiger partial charge in [-0.2, -0.15) is 5.10 Å². The first-order chi connectivity index (χ1) is 12.8. The smallest absolute Gasteiger partial charge is 0.248 e. The molecule has 27 heavy (non-hydrogen) atoms. The van der Waals surface area contributed by atoms with Crippen molar-refractivity contribution in [2.24, 2.45) is 0 Å². The van der Waals surface area contributed by atoms with Crippen LogP contribution in [0.25, 0.3) is 5.69 Å². The highest BCUT2D eigenvalue weighted by atomic mass is 35.5. The molecule has 0 saturated carbocycles. The summed E-state index contributed by atoms with van der Waals surface area (Å²) in [5, 5.41) is 7.44. The standard InChI is InChI=1S/C21H21Cl2N3O/c1-21(2,3)17-13-18(26(25-17)16-11-9-15(22)10-12-16)24-20(27)19(23)14-7-5-4-6-8-14/h4-13,19H,1-3H3,(H,24,27)/t19-/m0/s1. The number of anilines is 1. The van der Waals surface area contributed by atoms with Crippen LogP contribution < -0.4 is 5.32 Å². The molecule has 0 bridgehead atoms. The van der Waals surface area contributed by atoms with E-state index in [0.29, 0.717) is 10.8 Å². The van der Waals surface area contributed by atoms with Gasteiger partial charge in [-0.05, 0) is 29.8 Å². The summed E-state index contributed by atoms with van der Waals surface area (Å²) in [5.74, 6) is 0.257. The van der Waals surface area contributed by atoms with Crippen molar-refractivity contribution in [3.8, 4) is 5.69 Å². The molecule has 1 N–H and O–H groups in total. The molecular weight excluding hydrogens is 381 g/mol. The quantitative estimate of drug-likeness (QED) is 0.566. The van der Waals surface area contributed by atoms with Crippen molar-refractivity contribution in [3.05, 3.63) is 76.9 Å². The molecule has 0 spiro atoms. The van der Waals surface area contributed by atoms with Gasteiger partial charge in [0, 0.05) is 16.5 Å². The van der Waals surface area contributed by atoms with Crippen molar-refractivity contribution in [2.45, 2.75) is 31.6 Å². The highest BCUT2D eigenvalue weighted by Crippen LogP contribution is 2.28. The van der Waals surface area contributed by atoms with Gasteiger partial charge < -0.3 is 5.32 Å². The number of alkyl halides is 1. The molecule has 0 unspecified atom stereocenters. The Bertz CT molecular complexity index is 928. The minimum Gasteiger partial charge on any atom is -0.309 e. The van der Waals surface area contributed by atoms with Crippen molar-refractivity contribution < 1.29 is 4.79 Å². The lowest BCUT2D eigenvalue weighted by Gasteiger charge is -2.14. The maximum Gasteiger partial charge on any atom is 0.248 e. The molecule has 0 aliphatic carbocycles. The predicted molar refractivity (Wildman–Crippen MR) is 111 cm³/mol. The molecule has 2 aromatic carbocycles. The van der Waals surface area contributed by atoms with Gasteiger partial charge >= 0.3 is 0 Å². The van der Waals surface area contributed by atoms with Crippen LogP contribution in [0.1, 0.15) is 37.4 Å². The van der Waals surface area contributed by atoms with Crippen LogP contribution in [0.2, 0.25) is 5.02 Å². The number of nitrogens with one attached hydrogen (secondary N) is 1. The molecule has 0 radical (unpaired) electrons. The van der Waals surface area contributed by atoms with Gasteiger partial charge in [0.2, 0.25) is 5.91 Å². The molecule has 1 amide bonds. The van der Waals surface area contributed by atoms with Crippen molar-refractivity contribution in [2.75, 3.05) is 5.32 Å². The van der Waals surface area contributed by atoms with Crippen LogP contribution in [-0.2, 0) is 10.2 Å². The van der Waals surface area contributed by atoms with Gasteiger partial charge in [0.1, 0.15) is 11.2 Å². The summed E-state index contributed by atoms with van der Waals surface area (Å²) < 4.78 is 1.70. The Labute approximate surface area is 169 Å². The fourth-order valence-electron chi connectivity index (χ4n) is 2.58. The van der Waals surface area contributed by atoms with Gasteiger partial charge in [0.05, 0.1) is 11.4 Å². The van der Waals surface area contributed by atoms with Gasteiger partial charge in [-0.25, -0.2) is 4.68 Å². The van der Waals surface area contributed by atoms with E-state index < -0.39 is 5.38 Å². The average Bonchev–Trinajstić information content (AvgIpc) is 3.06. The van der Waals surface area contributed by atoms with E-state index in [2.05, 4.69) is 31.2 Å². The summed E-state index contributed by atoms with van der Waals surface area (Å²) in [6, 6.07) is 18.4. The van der Waals surface area contributed by atoms with Crippen LogP contribution in [-0.4, -0.2) is 15.7 Å². The SMILES string of the molecule is CC(C)(C)c1cc(NC(=O)[C@@H](Cl)c2ccccc2)n(-c2ccc(Cl)cc2)n1. The normalized spacial score (nSPS) is 12.6. The largest absolute Gasteiger partial charge is 0.309 e. The van der Waals surface area contributed by atoms with Crippen molar-refractivity contribution in [3.63, 3.8) is 0 Å². The number of hydrogen-bond acceptors (Lipinski definition) is 2. The highest BCUT2D eigenvalue weighted by molar-refractivity contribution is 6.32. The summed E-state index contributed by atoms with van der Waals surface area (Å²) in [4.78, 5) is 12.7. The second-order valence-corrected chi connectivity index (χ2v) is 8.19. The molecule has 3 rings (SSSR count). The molecule has 140 valence electrons. The van der Waals surface area contributed by atoms with Gasteiger partial charge in [0.15, 0.2) is 0 Å². The number of carbonyl (C=O) groups is 1. The van der Waals surface area contributed by atoms with Crippen molar-refractivity contribution >= 4 is 34.9 Å². The lowest BCUT2D eigenvalue weighted by Crippen LogP contribution is -2.19. The molecule has 6 heteroatoms. The predicted octanol–water partition coefficient (Wildman–Crippen LogP) is 5.74. The van der Waals surface area contributed by atoms with Crippen molar-refractivity contribution in [1.29, 1.82) is 0 Å². The van der Waals surface area contributed by atoms with E-state index in [0.717, 1.165) is 16.9 Å². The lowest BCUT2D eigenvalue weighted by molar-refractivity contribution is -0.116. The van der Waals surface area contributed by atoms with E-state index in [1.165, 1.54) is 0 Å². The van der Waals surface area contributed by atoms with Crippen LogP contribution in [0.3, 0.4) is 0 Å². The summed E-state index contributed by atoms with van der Waals surface area (Å²) in [6.45, 7) is 6.21. The van der Waals surface area contributed by atoms with E-state index in [1.54, 1.807) is 16.8 Å². The third kappa shape index (κ3) is 4.52. The molecule has 3 aromatic rings. The maximum absolute atomic E-state index is 12.7. The fraction of sp³-hybridized carbons (Fsp3) is 0.238. The van der Waals surface area contributed by atoms with E-state index in [-0.39, 0.29) is 11.3 Å². The van der Waals surface area contributed by atoms with Crippen LogP contribution >= 0.6 is 23.2 Å². The van der Waals surface area contributed by atoms with E-state index in [9.17, 15) is 4.79 Å². The Morgan fingerprint density at radius 2 is 1.70 bits per heavy atom. The van der Waals surface area contributed by atoms with Gasteiger partial charge in [-0.15, -0.1) is 11.6 Å².